The fourth-order valence-electron chi connectivity index (χ4n) is 2.34. The molecule has 118 valence electrons. The molecule has 1 unspecified atom stereocenters. The van der Waals surface area contributed by atoms with Crippen molar-refractivity contribution >= 4 is 45.8 Å². The van der Waals surface area contributed by atoms with Gasteiger partial charge in [0.05, 0.1) is 5.02 Å². The molecule has 1 atom stereocenters. The highest BCUT2D eigenvalue weighted by Gasteiger charge is 2.25. The summed E-state index contributed by atoms with van der Waals surface area (Å²) >= 11 is 9.38. The first-order chi connectivity index (χ1) is 9.60. The lowest BCUT2D eigenvalue weighted by Gasteiger charge is -2.17. The third-order valence-electron chi connectivity index (χ3n) is 3.38. The number of halogens is 3. The van der Waals surface area contributed by atoms with Gasteiger partial charge in [0.15, 0.2) is 6.61 Å². The summed E-state index contributed by atoms with van der Waals surface area (Å²) in [5.41, 5.74) is 0. The Morgan fingerprint density at radius 1 is 1.57 bits per heavy atom. The van der Waals surface area contributed by atoms with E-state index in [1.165, 1.54) is 0 Å². The van der Waals surface area contributed by atoms with E-state index in [2.05, 4.69) is 21.2 Å². The first-order valence-corrected chi connectivity index (χ1v) is 7.77. The molecule has 1 N–H and O–H groups in total. The lowest BCUT2D eigenvalue weighted by Crippen LogP contribution is -2.34. The number of rotatable bonds is 5. The van der Waals surface area contributed by atoms with Gasteiger partial charge in [-0.1, -0.05) is 27.5 Å². The standard InChI is InChI=1S/C14H18BrClN2O2.ClH/c1-17-7-10-4-5-18(8-10)14(19)9-20-13-3-2-11(15)6-12(13)16;/h2-3,6,10,17H,4-5,7-9H2,1H3;1H. The molecule has 4 nitrogen and oxygen atoms in total. The summed E-state index contributed by atoms with van der Waals surface area (Å²) in [7, 11) is 1.93. The number of carbonyl (C=O) groups is 1. The number of carbonyl (C=O) groups excluding carboxylic acids is 1. The fraction of sp³-hybridized carbons (Fsp3) is 0.500. The molecular formula is C14H19BrCl2N2O2. The van der Waals surface area contributed by atoms with E-state index >= 15 is 0 Å². The Hall–Kier alpha value is -0.490. The van der Waals surface area contributed by atoms with E-state index in [0.29, 0.717) is 16.7 Å². The Kier molecular flexibility index (Phi) is 7.81. The van der Waals surface area contributed by atoms with Gasteiger partial charge in [0.25, 0.3) is 5.91 Å². The van der Waals surface area contributed by atoms with Gasteiger partial charge in [0.2, 0.25) is 0 Å². The minimum atomic E-state index is 0. The highest BCUT2D eigenvalue weighted by atomic mass is 79.9. The molecule has 1 amide bonds. The van der Waals surface area contributed by atoms with E-state index in [4.69, 9.17) is 16.3 Å². The van der Waals surface area contributed by atoms with Gasteiger partial charge in [-0.25, -0.2) is 0 Å². The van der Waals surface area contributed by atoms with Crippen molar-refractivity contribution < 1.29 is 9.53 Å². The van der Waals surface area contributed by atoms with Crippen LogP contribution < -0.4 is 10.1 Å². The first kappa shape index (κ1) is 18.6. The summed E-state index contributed by atoms with van der Waals surface area (Å²) in [6, 6.07) is 5.35. The Balaban J connectivity index is 0.00000220. The van der Waals surface area contributed by atoms with Crippen molar-refractivity contribution in [1.29, 1.82) is 0 Å². The number of hydrogen-bond acceptors (Lipinski definition) is 3. The van der Waals surface area contributed by atoms with Crippen molar-refractivity contribution in [3.05, 3.63) is 27.7 Å². The van der Waals surface area contributed by atoms with Crippen LogP contribution in [0.4, 0.5) is 0 Å². The van der Waals surface area contributed by atoms with E-state index in [0.717, 1.165) is 30.5 Å². The number of hydrogen-bond donors (Lipinski definition) is 1. The van der Waals surface area contributed by atoms with Gasteiger partial charge in [-0.15, -0.1) is 12.4 Å². The fourth-order valence-corrected chi connectivity index (χ4v) is 3.07. The predicted molar refractivity (Wildman–Crippen MR) is 90.5 cm³/mol. The van der Waals surface area contributed by atoms with Crippen molar-refractivity contribution in [2.75, 3.05) is 33.3 Å². The average Bonchev–Trinajstić information content (AvgIpc) is 2.86. The Morgan fingerprint density at radius 2 is 2.33 bits per heavy atom. The van der Waals surface area contributed by atoms with Gasteiger partial charge in [0, 0.05) is 17.6 Å². The third kappa shape index (κ3) is 5.33. The first-order valence-electron chi connectivity index (χ1n) is 6.60. The van der Waals surface area contributed by atoms with Crippen LogP contribution >= 0.6 is 39.9 Å². The van der Waals surface area contributed by atoms with Crippen LogP contribution in [0.25, 0.3) is 0 Å². The molecule has 0 radical (unpaired) electrons. The molecule has 1 aromatic rings. The largest absolute Gasteiger partial charge is 0.482 e. The van der Waals surface area contributed by atoms with E-state index in [1.807, 2.05) is 18.0 Å². The van der Waals surface area contributed by atoms with Crippen LogP contribution in [0.2, 0.25) is 5.02 Å². The molecule has 21 heavy (non-hydrogen) atoms. The number of nitrogens with zero attached hydrogens (tertiary/aromatic N) is 1. The van der Waals surface area contributed by atoms with E-state index < -0.39 is 0 Å². The topological polar surface area (TPSA) is 41.6 Å². The third-order valence-corrected chi connectivity index (χ3v) is 4.17. The molecule has 1 aromatic carbocycles. The molecule has 7 heteroatoms. The smallest absolute Gasteiger partial charge is 0.260 e. The summed E-state index contributed by atoms with van der Waals surface area (Å²) in [6.45, 7) is 2.59. The minimum absolute atomic E-state index is 0. The molecule has 1 fully saturated rings. The molecular weight excluding hydrogens is 379 g/mol. The average molecular weight is 398 g/mol. The van der Waals surface area contributed by atoms with Crippen LogP contribution in [0.1, 0.15) is 6.42 Å². The summed E-state index contributed by atoms with van der Waals surface area (Å²) in [5, 5.41) is 3.65. The van der Waals surface area contributed by atoms with Crippen LogP contribution in [0.5, 0.6) is 5.75 Å². The van der Waals surface area contributed by atoms with Gasteiger partial charge < -0.3 is 15.0 Å². The number of ether oxygens (including phenoxy) is 1. The van der Waals surface area contributed by atoms with Crippen LogP contribution in [-0.2, 0) is 4.79 Å². The van der Waals surface area contributed by atoms with Crippen molar-refractivity contribution in [2.24, 2.45) is 5.92 Å². The second-order valence-corrected chi connectivity index (χ2v) is 6.24. The van der Waals surface area contributed by atoms with E-state index in [9.17, 15) is 4.79 Å². The Morgan fingerprint density at radius 3 is 3.00 bits per heavy atom. The van der Waals surface area contributed by atoms with Gasteiger partial charge in [0.1, 0.15) is 5.75 Å². The summed E-state index contributed by atoms with van der Waals surface area (Å²) in [4.78, 5) is 13.9. The second kappa shape index (κ2) is 8.83. The summed E-state index contributed by atoms with van der Waals surface area (Å²) in [5.74, 6) is 1.09. The maximum Gasteiger partial charge on any atom is 0.260 e. The lowest BCUT2D eigenvalue weighted by molar-refractivity contribution is -0.132. The number of nitrogens with one attached hydrogen (secondary N) is 1. The monoisotopic (exact) mass is 396 g/mol. The highest BCUT2D eigenvalue weighted by Crippen LogP contribution is 2.27. The maximum atomic E-state index is 12.1. The van der Waals surface area contributed by atoms with Crippen LogP contribution in [0.15, 0.2) is 22.7 Å². The SMILES string of the molecule is CNCC1CCN(C(=O)COc2ccc(Br)cc2Cl)C1.Cl. The Bertz CT molecular complexity index is 488. The normalized spacial score (nSPS) is 17.5. The second-order valence-electron chi connectivity index (χ2n) is 4.92. The molecule has 2 rings (SSSR count). The predicted octanol–water partition coefficient (Wildman–Crippen LogP) is 2.97. The molecule has 0 spiro atoms. The zero-order valence-electron chi connectivity index (χ0n) is 11.8. The summed E-state index contributed by atoms with van der Waals surface area (Å²) in [6.07, 6.45) is 1.05. The molecule has 0 aliphatic carbocycles. The van der Waals surface area contributed by atoms with E-state index in [1.54, 1.807) is 12.1 Å². The number of amides is 1. The van der Waals surface area contributed by atoms with Crippen molar-refractivity contribution in [3.8, 4) is 5.75 Å². The molecule has 1 aliphatic rings. The summed E-state index contributed by atoms with van der Waals surface area (Å²) < 4.78 is 6.39. The van der Waals surface area contributed by atoms with Gasteiger partial charge >= 0.3 is 0 Å². The molecule has 1 aliphatic heterocycles. The van der Waals surface area contributed by atoms with E-state index in [-0.39, 0.29) is 24.9 Å². The zero-order chi connectivity index (χ0) is 14.5. The van der Waals surface area contributed by atoms with Crippen molar-refractivity contribution in [2.45, 2.75) is 6.42 Å². The van der Waals surface area contributed by atoms with Crippen molar-refractivity contribution in [1.82, 2.24) is 10.2 Å². The highest BCUT2D eigenvalue weighted by molar-refractivity contribution is 9.10. The molecule has 0 saturated carbocycles. The van der Waals surface area contributed by atoms with Gasteiger partial charge in [-0.3, -0.25) is 4.79 Å². The quantitative estimate of drug-likeness (QED) is 0.830. The lowest BCUT2D eigenvalue weighted by atomic mass is 10.1. The molecule has 1 heterocycles. The van der Waals surface area contributed by atoms with Crippen LogP contribution in [0.3, 0.4) is 0 Å². The molecule has 1 saturated heterocycles. The van der Waals surface area contributed by atoms with Gasteiger partial charge in [-0.05, 0) is 44.1 Å². The zero-order valence-corrected chi connectivity index (χ0v) is 14.9. The number of benzene rings is 1. The van der Waals surface area contributed by atoms with Crippen molar-refractivity contribution in [3.63, 3.8) is 0 Å². The maximum absolute atomic E-state index is 12.1. The molecule has 0 bridgehead atoms. The van der Waals surface area contributed by atoms with Crippen LogP contribution in [0, 0.1) is 5.92 Å². The Labute approximate surface area is 144 Å². The van der Waals surface area contributed by atoms with Crippen LogP contribution in [-0.4, -0.2) is 44.1 Å². The molecule has 0 aromatic heterocycles. The number of likely N-dealkylation sites (tertiary alicyclic amines) is 1. The minimum Gasteiger partial charge on any atom is -0.482 e. The van der Waals surface area contributed by atoms with Gasteiger partial charge in [-0.2, -0.15) is 0 Å².